The lowest BCUT2D eigenvalue weighted by Gasteiger charge is -2.32. The Bertz CT molecular complexity index is 369. The first-order chi connectivity index (χ1) is 8.56. The van der Waals surface area contributed by atoms with E-state index in [0.717, 1.165) is 24.4 Å². The normalized spacial score (nSPS) is 14.5. The van der Waals surface area contributed by atoms with E-state index in [-0.39, 0.29) is 5.41 Å². The first-order valence-corrected chi connectivity index (χ1v) is 7.40. The van der Waals surface area contributed by atoms with Crippen LogP contribution in [0.2, 0.25) is 5.02 Å². The lowest BCUT2D eigenvalue weighted by molar-refractivity contribution is 0.251. The minimum atomic E-state index is 0.217. The molecular weight excluding hydrogens is 242 g/mol. The van der Waals surface area contributed by atoms with Crippen molar-refractivity contribution in [2.75, 3.05) is 6.54 Å². The summed E-state index contributed by atoms with van der Waals surface area (Å²) in [4.78, 5) is 0. The van der Waals surface area contributed by atoms with Crippen molar-refractivity contribution in [1.82, 2.24) is 0 Å². The van der Waals surface area contributed by atoms with E-state index in [1.807, 2.05) is 6.07 Å². The Morgan fingerprint density at radius 1 is 1.28 bits per heavy atom. The van der Waals surface area contributed by atoms with Crippen LogP contribution in [-0.2, 0) is 6.42 Å². The standard InChI is InChI=1S/C16H26ClN/c1-4-6-9-16(5-2,12-18)11-14-8-7-13(3)10-15(14)17/h7-8,10H,4-6,9,11-12,18H2,1-3H3. The van der Waals surface area contributed by atoms with Gasteiger partial charge in [-0.1, -0.05) is 50.4 Å². The number of hydrogen-bond donors (Lipinski definition) is 1. The third kappa shape index (κ3) is 4.00. The monoisotopic (exact) mass is 267 g/mol. The van der Waals surface area contributed by atoms with E-state index in [1.54, 1.807) is 0 Å². The minimum Gasteiger partial charge on any atom is -0.330 e. The SMILES string of the molecule is CCCCC(CC)(CN)Cc1ccc(C)cc1Cl. The Morgan fingerprint density at radius 3 is 2.50 bits per heavy atom. The van der Waals surface area contributed by atoms with E-state index in [9.17, 15) is 0 Å². The van der Waals surface area contributed by atoms with Gasteiger partial charge in [-0.2, -0.15) is 0 Å². The van der Waals surface area contributed by atoms with E-state index in [0.29, 0.717) is 0 Å². The average Bonchev–Trinajstić information content (AvgIpc) is 2.37. The fraction of sp³-hybridized carbons (Fsp3) is 0.625. The van der Waals surface area contributed by atoms with Crippen LogP contribution in [0.15, 0.2) is 18.2 Å². The highest BCUT2D eigenvalue weighted by Gasteiger charge is 2.27. The number of aryl methyl sites for hydroxylation is 1. The summed E-state index contributed by atoms with van der Waals surface area (Å²) in [6, 6.07) is 6.34. The van der Waals surface area contributed by atoms with Crippen LogP contribution in [0, 0.1) is 12.3 Å². The minimum absolute atomic E-state index is 0.217. The third-order valence-electron chi connectivity index (χ3n) is 4.02. The molecule has 1 aromatic rings. The van der Waals surface area contributed by atoms with Crippen LogP contribution in [0.3, 0.4) is 0 Å². The summed E-state index contributed by atoms with van der Waals surface area (Å²) in [6.07, 6.45) is 5.78. The fourth-order valence-electron chi connectivity index (χ4n) is 2.46. The molecule has 0 radical (unpaired) electrons. The van der Waals surface area contributed by atoms with E-state index in [2.05, 4.69) is 32.9 Å². The number of nitrogens with two attached hydrogens (primary N) is 1. The van der Waals surface area contributed by atoms with Crippen molar-refractivity contribution < 1.29 is 0 Å². The fourth-order valence-corrected chi connectivity index (χ4v) is 2.76. The largest absolute Gasteiger partial charge is 0.330 e. The van der Waals surface area contributed by atoms with Gasteiger partial charge in [0.2, 0.25) is 0 Å². The first kappa shape index (κ1) is 15.5. The van der Waals surface area contributed by atoms with E-state index in [1.165, 1.54) is 30.4 Å². The molecule has 0 amide bonds. The van der Waals surface area contributed by atoms with Gasteiger partial charge in [0.05, 0.1) is 0 Å². The molecule has 0 aliphatic carbocycles. The van der Waals surface area contributed by atoms with Gasteiger partial charge in [0.25, 0.3) is 0 Å². The van der Waals surface area contributed by atoms with Crippen molar-refractivity contribution in [3.05, 3.63) is 34.3 Å². The number of hydrogen-bond acceptors (Lipinski definition) is 1. The molecule has 2 N–H and O–H groups in total. The first-order valence-electron chi connectivity index (χ1n) is 7.02. The molecule has 2 heteroatoms. The van der Waals surface area contributed by atoms with Crippen molar-refractivity contribution in [1.29, 1.82) is 0 Å². The molecule has 1 unspecified atom stereocenters. The maximum Gasteiger partial charge on any atom is 0.0440 e. The molecule has 18 heavy (non-hydrogen) atoms. The van der Waals surface area contributed by atoms with Crippen molar-refractivity contribution in [2.24, 2.45) is 11.1 Å². The summed E-state index contributed by atoms with van der Waals surface area (Å²) in [5, 5.41) is 0.887. The molecule has 0 aliphatic rings. The van der Waals surface area contributed by atoms with Crippen LogP contribution in [0.4, 0.5) is 0 Å². The Morgan fingerprint density at radius 2 is 2.00 bits per heavy atom. The van der Waals surface area contributed by atoms with Gasteiger partial charge in [0.1, 0.15) is 0 Å². The van der Waals surface area contributed by atoms with Gasteiger partial charge in [0.15, 0.2) is 0 Å². The number of rotatable bonds is 7. The molecule has 1 nitrogen and oxygen atoms in total. The van der Waals surface area contributed by atoms with Gasteiger partial charge in [0, 0.05) is 5.02 Å². The zero-order chi connectivity index (χ0) is 13.6. The van der Waals surface area contributed by atoms with Crippen molar-refractivity contribution in [3.63, 3.8) is 0 Å². The summed E-state index contributed by atoms with van der Waals surface area (Å²) < 4.78 is 0. The molecule has 0 saturated heterocycles. The van der Waals surface area contributed by atoms with Crippen molar-refractivity contribution >= 4 is 11.6 Å². The predicted molar refractivity (Wildman–Crippen MR) is 81.2 cm³/mol. The molecule has 0 saturated carbocycles. The smallest absolute Gasteiger partial charge is 0.0440 e. The summed E-state index contributed by atoms with van der Waals surface area (Å²) in [5.74, 6) is 0. The molecule has 1 atom stereocenters. The lowest BCUT2D eigenvalue weighted by Crippen LogP contribution is -2.32. The maximum atomic E-state index is 6.34. The molecule has 0 heterocycles. The molecule has 102 valence electrons. The van der Waals surface area contributed by atoms with Gasteiger partial charge in [-0.3, -0.25) is 0 Å². The Kier molecular flexibility index (Phi) is 6.17. The zero-order valence-electron chi connectivity index (χ0n) is 11.9. The molecule has 0 spiro atoms. The van der Waals surface area contributed by atoms with E-state index >= 15 is 0 Å². The lowest BCUT2D eigenvalue weighted by atomic mass is 9.75. The molecular formula is C16H26ClN. The quantitative estimate of drug-likeness (QED) is 0.759. The van der Waals surface area contributed by atoms with Crippen LogP contribution < -0.4 is 5.73 Å². The second-order valence-electron chi connectivity index (χ2n) is 5.43. The average molecular weight is 268 g/mol. The number of unbranched alkanes of at least 4 members (excludes halogenated alkanes) is 1. The van der Waals surface area contributed by atoms with Crippen molar-refractivity contribution in [3.8, 4) is 0 Å². The molecule has 1 aromatic carbocycles. The maximum absolute atomic E-state index is 6.34. The summed E-state index contributed by atoms with van der Waals surface area (Å²) in [5.41, 5.74) is 8.72. The second kappa shape index (κ2) is 7.16. The highest BCUT2D eigenvalue weighted by molar-refractivity contribution is 6.31. The molecule has 0 aliphatic heterocycles. The summed E-state index contributed by atoms with van der Waals surface area (Å²) in [7, 11) is 0. The van der Waals surface area contributed by atoms with Gasteiger partial charge >= 0.3 is 0 Å². The predicted octanol–water partition coefficient (Wildman–Crippen LogP) is 4.74. The number of benzene rings is 1. The van der Waals surface area contributed by atoms with Crippen LogP contribution >= 0.6 is 11.6 Å². The van der Waals surface area contributed by atoms with Crippen LogP contribution in [0.25, 0.3) is 0 Å². The van der Waals surface area contributed by atoms with Crippen molar-refractivity contribution in [2.45, 2.75) is 52.9 Å². The van der Waals surface area contributed by atoms with Crippen LogP contribution in [0.1, 0.15) is 50.7 Å². The third-order valence-corrected chi connectivity index (χ3v) is 4.37. The Balaban J connectivity index is 2.88. The summed E-state index contributed by atoms with van der Waals surface area (Å²) in [6.45, 7) is 7.29. The molecule has 0 bridgehead atoms. The molecule has 0 fully saturated rings. The van der Waals surface area contributed by atoms with Gasteiger partial charge in [-0.05, 0) is 55.3 Å². The topological polar surface area (TPSA) is 26.0 Å². The molecule has 1 rings (SSSR count). The van der Waals surface area contributed by atoms with E-state index in [4.69, 9.17) is 17.3 Å². The Hall–Kier alpha value is -0.530. The van der Waals surface area contributed by atoms with Crippen LogP contribution in [-0.4, -0.2) is 6.54 Å². The Labute approximate surface area is 117 Å². The van der Waals surface area contributed by atoms with Gasteiger partial charge in [-0.25, -0.2) is 0 Å². The zero-order valence-corrected chi connectivity index (χ0v) is 12.7. The highest BCUT2D eigenvalue weighted by Crippen LogP contribution is 2.34. The summed E-state index contributed by atoms with van der Waals surface area (Å²) >= 11 is 6.34. The van der Waals surface area contributed by atoms with E-state index < -0.39 is 0 Å². The molecule has 0 aromatic heterocycles. The van der Waals surface area contributed by atoms with Gasteiger partial charge in [-0.15, -0.1) is 0 Å². The van der Waals surface area contributed by atoms with Gasteiger partial charge < -0.3 is 5.73 Å². The highest BCUT2D eigenvalue weighted by atomic mass is 35.5. The number of halogens is 1. The second-order valence-corrected chi connectivity index (χ2v) is 5.84. The van der Waals surface area contributed by atoms with Crippen LogP contribution in [0.5, 0.6) is 0 Å².